The van der Waals surface area contributed by atoms with Gasteiger partial charge in [0.1, 0.15) is 6.04 Å². The van der Waals surface area contributed by atoms with Crippen LogP contribution in [0.2, 0.25) is 0 Å². The standard InChI is InChI=1S/C18H26N2O4/c1-12(16(22)19-11-10-15(21)24-5)20-17(23)13-6-8-14(9-7-13)18(2,3)4/h6-9,12H,10-11H2,1-5H3,(H,19,22)(H,20,23). The Kier molecular flexibility index (Phi) is 6.95. The molecule has 0 aliphatic rings. The van der Waals surface area contributed by atoms with Crippen LogP contribution in [0, 0.1) is 0 Å². The maximum absolute atomic E-state index is 12.2. The fraction of sp³-hybridized carbons (Fsp3) is 0.500. The zero-order chi connectivity index (χ0) is 18.3. The van der Waals surface area contributed by atoms with Gasteiger partial charge in [0.05, 0.1) is 13.5 Å². The summed E-state index contributed by atoms with van der Waals surface area (Å²) in [4.78, 5) is 35.1. The van der Waals surface area contributed by atoms with E-state index in [1.165, 1.54) is 7.11 Å². The van der Waals surface area contributed by atoms with E-state index in [1.807, 2.05) is 12.1 Å². The van der Waals surface area contributed by atoms with Crippen LogP contribution in [0.25, 0.3) is 0 Å². The fourth-order valence-electron chi connectivity index (χ4n) is 2.01. The van der Waals surface area contributed by atoms with Crippen molar-refractivity contribution in [3.05, 3.63) is 35.4 Å². The highest BCUT2D eigenvalue weighted by Gasteiger charge is 2.18. The average molecular weight is 334 g/mol. The molecule has 1 aromatic rings. The highest BCUT2D eigenvalue weighted by molar-refractivity contribution is 5.97. The summed E-state index contributed by atoms with van der Waals surface area (Å²) < 4.78 is 4.49. The molecule has 0 heterocycles. The second-order valence-corrected chi connectivity index (χ2v) is 6.64. The molecular formula is C18H26N2O4. The third-order valence-electron chi connectivity index (χ3n) is 3.61. The van der Waals surface area contributed by atoms with Crippen molar-refractivity contribution in [1.29, 1.82) is 0 Å². The van der Waals surface area contributed by atoms with E-state index in [1.54, 1.807) is 19.1 Å². The summed E-state index contributed by atoms with van der Waals surface area (Å²) in [5.74, 6) is -1.06. The van der Waals surface area contributed by atoms with E-state index < -0.39 is 12.0 Å². The Labute approximate surface area is 143 Å². The van der Waals surface area contributed by atoms with E-state index in [0.717, 1.165) is 5.56 Å². The second-order valence-electron chi connectivity index (χ2n) is 6.64. The van der Waals surface area contributed by atoms with Gasteiger partial charge in [-0.1, -0.05) is 32.9 Å². The summed E-state index contributed by atoms with van der Waals surface area (Å²) in [6.45, 7) is 8.06. The molecule has 0 aliphatic carbocycles. The molecule has 0 radical (unpaired) electrons. The van der Waals surface area contributed by atoms with Crippen molar-refractivity contribution in [1.82, 2.24) is 10.6 Å². The Bertz CT molecular complexity index is 588. The number of hydrogen-bond acceptors (Lipinski definition) is 4. The van der Waals surface area contributed by atoms with Crippen LogP contribution in [0.15, 0.2) is 24.3 Å². The molecule has 0 aliphatic heterocycles. The summed E-state index contributed by atoms with van der Waals surface area (Å²) in [7, 11) is 1.29. The van der Waals surface area contributed by atoms with Crippen molar-refractivity contribution in [2.24, 2.45) is 0 Å². The van der Waals surface area contributed by atoms with Crippen LogP contribution in [0.5, 0.6) is 0 Å². The zero-order valence-corrected chi connectivity index (χ0v) is 14.9. The number of carbonyl (C=O) groups excluding carboxylic acids is 3. The van der Waals surface area contributed by atoms with Crippen LogP contribution in [0.1, 0.15) is 50.0 Å². The highest BCUT2D eigenvalue weighted by atomic mass is 16.5. The van der Waals surface area contributed by atoms with Gasteiger partial charge in [-0.15, -0.1) is 0 Å². The molecular weight excluding hydrogens is 308 g/mol. The predicted octanol–water partition coefficient (Wildman–Crippen LogP) is 1.78. The molecule has 0 aromatic heterocycles. The van der Waals surface area contributed by atoms with Gasteiger partial charge >= 0.3 is 5.97 Å². The van der Waals surface area contributed by atoms with Crippen LogP contribution >= 0.6 is 0 Å². The molecule has 0 spiro atoms. The van der Waals surface area contributed by atoms with Gasteiger partial charge in [-0.05, 0) is 30.0 Å². The van der Waals surface area contributed by atoms with Crippen molar-refractivity contribution in [2.75, 3.05) is 13.7 Å². The van der Waals surface area contributed by atoms with Gasteiger partial charge in [-0.25, -0.2) is 0 Å². The molecule has 1 unspecified atom stereocenters. The molecule has 0 saturated carbocycles. The Morgan fingerprint density at radius 2 is 1.71 bits per heavy atom. The maximum Gasteiger partial charge on any atom is 0.307 e. The quantitative estimate of drug-likeness (QED) is 0.777. The number of amides is 2. The van der Waals surface area contributed by atoms with E-state index in [2.05, 4.69) is 36.1 Å². The zero-order valence-electron chi connectivity index (χ0n) is 14.9. The van der Waals surface area contributed by atoms with Crippen molar-refractivity contribution < 1.29 is 19.1 Å². The van der Waals surface area contributed by atoms with E-state index >= 15 is 0 Å². The molecule has 6 nitrogen and oxygen atoms in total. The number of methoxy groups -OCH3 is 1. The lowest BCUT2D eigenvalue weighted by Crippen LogP contribution is -2.45. The topological polar surface area (TPSA) is 84.5 Å². The van der Waals surface area contributed by atoms with E-state index in [9.17, 15) is 14.4 Å². The molecule has 2 N–H and O–H groups in total. The molecule has 24 heavy (non-hydrogen) atoms. The first-order valence-electron chi connectivity index (χ1n) is 7.91. The monoisotopic (exact) mass is 334 g/mol. The minimum atomic E-state index is -0.697. The molecule has 0 bridgehead atoms. The van der Waals surface area contributed by atoms with Gasteiger partial charge < -0.3 is 15.4 Å². The lowest BCUT2D eigenvalue weighted by molar-refractivity contribution is -0.140. The minimum Gasteiger partial charge on any atom is -0.469 e. The SMILES string of the molecule is COC(=O)CCNC(=O)C(C)NC(=O)c1ccc(C(C)(C)C)cc1. The lowest BCUT2D eigenvalue weighted by Gasteiger charge is -2.19. The number of rotatable bonds is 6. The number of hydrogen-bond donors (Lipinski definition) is 2. The number of ether oxygens (including phenoxy) is 1. The Hall–Kier alpha value is -2.37. The van der Waals surface area contributed by atoms with Crippen LogP contribution in [0.4, 0.5) is 0 Å². The first kappa shape index (κ1) is 19.7. The van der Waals surface area contributed by atoms with Gasteiger partial charge in [0.2, 0.25) is 5.91 Å². The largest absolute Gasteiger partial charge is 0.469 e. The maximum atomic E-state index is 12.2. The molecule has 0 saturated heterocycles. The molecule has 132 valence electrons. The van der Waals surface area contributed by atoms with Gasteiger partial charge in [0, 0.05) is 12.1 Å². The second kappa shape index (κ2) is 8.47. The first-order chi connectivity index (χ1) is 11.1. The molecule has 2 amide bonds. The third kappa shape index (κ3) is 6.02. The van der Waals surface area contributed by atoms with Gasteiger partial charge in [0.25, 0.3) is 5.91 Å². The van der Waals surface area contributed by atoms with Crippen molar-refractivity contribution >= 4 is 17.8 Å². The van der Waals surface area contributed by atoms with Crippen LogP contribution in [-0.4, -0.2) is 37.5 Å². The Morgan fingerprint density at radius 3 is 2.21 bits per heavy atom. The predicted molar refractivity (Wildman–Crippen MR) is 91.7 cm³/mol. The smallest absolute Gasteiger partial charge is 0.307 e. The normalized spacial score (nSPS) is 12.2. The molecule has 0 fully saturated rings. The van der Waals surface area contributed by atoms with Gasteiger partial charge in [0.15, 0.2) is 0 Å². The van der Waals surface area contributed by atoms with Crippen LogP contribution < -0.4 is 10.6 Å². The number of carbonyl (C=O) groups is 3. The lowest BCUT2D eigenvalue weighted by atomic mass is 9.86. The van der Waals surface area contributed by atoms with Crippen molar-refractivity contribution in [3.8, 4) is 0 Å². The van der Waals surface area contributed by atoms with Crippen molar-refractivity contribution in [3.63, 3.8) is 0 Å². The van der Waals surface area contributed by atoms with Crippen LogP contribution in [0.3, 0.4) is 0 Å². The Morgan fingerprint density at radius 1 is 1.12 bits per heavy atom. The Balaban J connectivity index is 2.54. The van der Waals surface area contributed by atoms with Crippen molar-refractivity contribution in [2.45, 2.75) is 45.6 Å². The van der Waals surface area contributed by atoms with E-state index in [4.69, 9.17) is 0 Å². The van der Waals surface area contributed by atoms with Crippen LogP contribution in [-0.2, 0) is 19.7 Å². The average Bonchev–Trinajstić information content (AvgIpc) is 2.53. The number of benzene rings is 1. The summed E-state index contributed by atoms with van der Waals surface area (Å²) >= 11 is 0. The summed E-state index contributed by atoms with van der Waals surface area (Å²) in [5.41, 5.74) is 1.65. The first-order valence-corrected chi connectivity index (χ1v) is 7.91. The highest BCUT2D eigenvalue weighted by Crippen LogP contribution is 2.22. The van der Waals surface area contributed by atoms with Gasteiger partial charge in [-0.3, -0.25) is 14.4 Å². The molecule has 6 heteroatoms. The fourth-order valence-corrected chi connectivity index (χ4v) is 2.01. The molecule has 1 aromatic carbocycles. The summed E-state index contributed by atoms with van der Waals surface area (Å²) in [6, 6.07) is 6.62. The summed E-state index contributed by atoms with van der Waals surface area (Å²) in [5, 5.41) is 5.22. The molecule has 1 rings (SSSR count). The van der Waals surface area contributed by atoms with E-state index in [0.29, 0.717) is 5.56 Å². The third-order valence-corrected chi connectivity index (χ3v) is 3.61. The summed E-state index contributed by atoms with van der Waals surface area (Å²) in [6.07, 6.45) is 0.0944. The minimum absolute atomic E-state index is 0.0157. The van der Waals surface area contributed by atoms with E-state index in [-0.39, 0.29) is 30.2 Å². The number of nitrogens with one attached hydrogen (secondary N) is 2. The van der Waals surface area contributed by atoms with Gasteiger partial charge in [-0.2, -0.15) is 0 Å². The number of esters is 1. The molecule has 1 atom stereocenters.